The first-order valence-corrected chi connectivity index (χ1v) is 6.63. The molecular formula is C15H15ClN2O2. The summed E-state index contributed by atoms with van der Waals surface area (Å²) in [6.45, 7) is 1.49. The SMILES string of the molecule is CC(=O)C(CC(=O)c1nccn1C)c1ccc(Cl)cc1. The molecule has 1 aromatic heterocycles. The summed E-state index contributed by atoms with van der Waals surface area (Å²) >= 11 is 5.84. The zero-order valence-electron chi connectivity index (χ0n) is 11.3. The maximum atomic E-state index is 12.2. The molecule has 0 radical (unpaired) electrons. The van der Waals surface area contributed by atoms with Crippen molar-refractivity contribution < 1.29 is 9.59 Å². The molecule has 0 saturated carbocycles. The van der Waals surface area contributed by atoms with Crippen molar-refractivity contribution in [3.05, 3.63) is 53.1 Å². The summed E-state index contributed by atoms with van der Waals surface area (Å²) in [5.74, 6) is -0.288. The summed E-state index contributed by atoms with van der Waals surface area (Å²) in [7, 11) is 1.76. The molecule has 20 heavy (non-hydrogen) atoms. The number of hydrogen-bond donors (Lipinski definition) is 0. The Kier molecular flexibility index (Phi) is 4.35. The molecule has 0 aliphatic rings. The Morgan fingerprint density at radius 2 is 1.95 bits per heavy atom. The van der Waals surface area contributed by atoms with E-state index < -0.39 is 5.92 Å². The van der Waals surface area contributed by atoms with E-state index in [1.54, 1.807) is 48.3 Å². The Morgan fingerprint density at radius 1 is 1.30 bits per heavy atom. The van der Waals surface area contributed by atoms with E-state index in [0.717, 1.165) is 5.56 Å². The van der Waals surface area contributed by atoms with Crippen molar-refractivity contribution in [3.63, 3.8) is 0 Å². The highest BCUT2D eigenvalue weighted by Gasteiger charge is 2.23. The zero-order chi connectivity index (χ0) is 14.7. The van der Waals surface area contributed by atoms with Gasteiger partial charge in [0.05, 0.1) is 0 Å². The minimum Gasteiger partial charge on any atom is -0.332 e. The predicted molar refractivity (Wildman–Crippen MR) is 77.0 cm³/mol. The number of benzene rings is 1. The number of carbonyl (C=O) groups excluding carboxylic acids is 2. The van der Waals surface area contributed by atoms with Crippen LogP contribution in [0.25, 0.3) is 0 Å². The lowest BCUT2D eigenvalue weighted by atomic mass is 9.90. The van der Waals surface area contributed by atoms with Crippen molar-refractivity contribution in [1.29, 1.82) is 0 Å². The van der Waals surface area contributed by atoms with Crippen LogP contribution >= 0.6 is 11.6 Å². The van der Waals surface area contributed by atoms with Crippen molar-refractivity contribution in [2.45, 2.75) is 19.3 Å². The topological polar surface area (TPSA) is 52.0 Å². The molecule has 4 nitrogen and oxygen atoms in total. The van der Waals surface area contributed by atoms with E-state index in [0.29, 0.717) is 10.8 Å². The molecule has 0 spiro atoms. The lowest BCUT2D eigenvalue weighted by Gasteiger charge is -2.13. The van der Waals surface area contributed by atoms with Gasteiger partial charge in [-0.05, 0) is 24.6 Å². The summed E-state index contributed by atoms with van der Waals surface area (Å²) in [6, 6.07) is 7.00. The van der Waals surface area contributed by atoms with E-state index in [9.17, 15) is 9.59 Å². The summed E-state index contributed by atoms with van der Waals surface area (Å²) in [4.78, 5) is 28.0. The van der Waals surface area contributed by atoms with Crippen LogP contribution in [-0.4, -0.2) is 21.1 Å². The second kappa shape index (κ2) is 6.01. The molecule has 1 atom stereocenters. The number of aryl methyl sites for hydroxylation is 1. The van der Waals surface area contributed by atoms with Gasteiger partial charge in [0.1, 0.15) is 5.78 Å². The molecule has 0 aliphatic carbocycles. The Morgan fingerprint density at radius 3 is 2.45 bits per heavy atom. The Labute approximate surface area is 122 Å². The number of rotatable bonds is 5. The minimum absolute atomic E-state index is 0.0464. The molecule has 0 aliphatic heterocycles. The van der Waals surface area contributed by atoms with Crippen LogP contribution in [0.4, 0.5) is 0 Å². The minimum atomic E-state index is -0.462. The highest BCUT2D eigenvalue weighted by molar-refractivity contribution is 6.30. The molecule has 0 bridgehead atoms. The lowest BCUT2D eigenvalue weighted by Crippen LogP contribution is -2.16. The Bertz CT molecular complexity index is 632. The van der Waals surface area contributed by atoms with E-state index in [2.05, 4.69) is 4.98 Å². The van der Waals surface area contributed by atoms with Crippen LogP contribution in [0.3, 0.4) is 0 Å². The van der Waals surface area contributed by atoms with Gasteiger partial charge in [-0.15, -0.1) is 0 Å². The van der Waals surface area contributed by atoms with Gasteiger partial charge in [0, 0.05) is 36.8 Å². The molecule has 1 heterocycles. The van der Waals surface area contributed by atoms with E-state index in [-0.39, 0.29) is 18.0 Å². The van der Waals surface area contributed by atoms with E-state index in [1.807, 2.05) is 0 Å². The average Bonchev–Trinajstić information content (AvgIpc) is 2.83. The molecule has 0 fully saturated rings. The highest BCUT2D eigenvalue weighted by Crippen LogP contribution is 2.24. The zero-order valence-corrected chi connectivity index (χ0v) is 12.1. The molecule has 1 aromatic carbocycles. The normalized spacial score (nSPS) is 12.2. The van der Waals surface area contributed by atoms with E-state index in [1.165, 1.54) is 6.92 Å². The fourth-order valence-electron chi connectivity index (χ4n) is 2.10. The molecular weight excluding hydrogens is 276 g/mol. The third-order valence-corrected chi connectivity index (χ3v) is 3.48. The fourth-order valence-corrected chi connectivity index (χ4v) is 2.23. The van der Waals surface area contributed by atoms with Crippen LogP contribution in [0.1, 0.15) is 35.4 Å². The maximum absolute atomic E-state index is 12.2. The monoisotopic (exact) mass is 290 g/mol. The van der Waals surface area contributed by atoms with Gasteiger partial charge in [-0.3, -0.25) is 9.59 Å². The lowest BCUT2D eigenvalue weighted by molar-refractivity contribution is -0.118. The molecule has 0 N–H and O–H groups in total. The largest absolute Gasteiger partial charge is 0.332 e. The number of Topliss-reactive ketones (excluding diaryl/α,β-unsaturated/α-hetero) is 2. The van der Waals surface area contributed by atoms with Gasteiger partial charge < -0.3 is 4.57 Å². The Hall–Kier alpha value is -1.94. The van der Waals surface area contributed by atoms with E-state index >= 15 is 0 Å². The quantitative estimate of drug-likeness (QED) is 0.795. The van der Waals surface area contributed by atoms with Crippen molar-refractivity contribution in [3.8, 4) is 0 Å². The number of imidazole rings is 1. The molecule has 104 valence electrons. The predicted octanol–water partition coefficient (Wildman–Crippen LogP) is 3.02. The first-order chi connectivity index (χ1) is 9.49. The summed E-state index contributed by atoms with van der Waals surface area (Å²) < 4.78 is 1.65. The first-order valence-electron chi connectivity index (χ1n) is 6.25. The summed E-state index contributed by atoms with van der Waals surface area (Å²) in [6.07, 6.45) is 3.39. The number of carbonyl (C=O) groups is 2. The number of nitrogens with zero attached hydrogens (tertiary/aromatic N) is 2. The fraction of sp³-hybridized carbons (Fsp3) is 0.267. The van der Waals surface area contributed by atoms with Crippen LogP contribution in [0.15, 0.2) is 36.7 Å². The molecule has 2 aromatic rings. The maximum Gasteiger partial charge on any atom is 0.199 e. The Balaban J connectivity index is 2.22. The smallest absolute Gasteiger partial charge is 0.199 e. The number of aromatic nitrogens is 2. The molecule has 0 saturated heterocycles. The second-order valence-corrected chi connectivity index (χ2v) is 5.14. The summed E-state index contributed by atoms with van der Waals surface area (Å²) in [5, 5.41) is 0.603. The number of hydrogen-bond acceptors (Lipinski definition) is 3. The van der Waals surface area contributed by atoms with Crippen LogP contribution in [0.5, 0.6) is 0 Å². The number of ketones is 2. The third kappa shape index (κ3) is 3.14. The van der Waals surface area contributed by atoms with Gasteiger partial charge >= 0.3 is 0 Å². The van der Waals surface area contributed by atoms with Gasteiger partial charge in [-0.2, -0.15) is 0 Å². The highest BCUT2D eigenvalue weighted by atomic mass is 35.5. The van der Waals surface area contributed by atoms with Crippen molar-refractivity contribution >= 4 is 23.2 Å². The van der Waals surface area contributed by atoms with Gasteiger partial charge in [0.2, 0.25) is 0 Å². The molecule has 5 heteroatoms. The van der Waals surface area contributed by atoms with Crippen molar-refractivity contribution in [1.82, 2.24) is 9.55 Å². The molecule has 2 rings (SSSR count). The van der Waals surface area contributed by atoms with Crippen LogP contribution < -0.4 is 0 Å². The molecule has 0 amide bonds. The second-order valence-electron chi connectivity index (χ2n) is 4.70. The van der Waals surface area contributed by atoms with Gasteiger partial charge in [-0.1, -0.05) is 23.7 Å². The van der Waals surface area contributed by atoms with Gasteiger partial charge in [-0.25, -0.2) is 4.98 Å². The van der Waals surface area contributed by atoms with Crippen LogP contribution in [-0.2, 0) is 11.8 Å². The van der Waals surface area contributed by atoms with Crippen LogP contribution in [0.2, 0.25) is 5.02 Å². The average molecular weight is 291 g/mol. The van der Waals surface area contributed by atoms with E-state index in [4.69, 9.17) is 11.6 Å². The van der Waals surface area contributed by atoms with Crippen LogP contribution in [0, 0.1) is 0 Å². The van der Waals surface area contributed by atoms with Gasteiger partial charge in [0.15, 0.2) is 11.6 Å². The summed E-state index contributed by atoms with van der Waals surface area (Å²) in [5.41, 5.74) is 0.796. The van der Waals surface area contributed by atoms with Crippen molar-refractivity contribution in [2.75, 3.05) is 0 Å². The standard InChI is InChI=1S/C15H15ClN2O2/c1-10(19)13(11-3-5-12(16)6-4-11)9-14(20)15-17-7-8-18(15)2/h3-8,13H,9H2,1-2H3. The third-order valence-electron chi connectivity index (χ3n) is 3.22. The first kappa shape index (κ1) is 14.5. The number of halogens is 1. The van der Waals surface area contributed by atoms with Crippen molar-refractivity contribution in [2.24, 2.45) is 7.05 Å². The van der Waals surface area contributed by atoms with Gasteiger partial charge in [0.25, 0.3) is 0 Å². The molecule has 1 unspecified atom stereocenters.